The standard InChI is InChI=1S/C21H16FN3O/c22-14-5-3-4-13(10-14)20-16-6-1-2-7-17(16)21(26)25(20)15-8-9-18-19(11-15)24-12-23-18/h1-12,16-17,20H,(H,23,24). The minimum Gasteiger partial charge on any atom is -0.345 e. The van der Waals surface area contributed by atoms with Crippen LogP contribution in [0.5, 0.6) is 0 Å². The number of carbonyl (C=O) groups excluding carboxylic acids is 1. The Labute approximate surface area is 149 Å². The molecule has 1 saturated heterocycles. The number of aromatic nitrogens is 2. The second-order valence-electron chi connectivity index (χ2n) is 6.69. The molecule has 0 spiro atoms. The molecular weight excluding hydrogens is 329 g/mol. The Morgan fingerprint density at radius 1 is 1.08 bits per heavy atom. The molecule has 0 saturated carbocycles. The van der Waals surface area contributed by atoms with Crippen molar-refractivity contribution in [2.45, 2.75) is 6.04 Å². The summed E-state index contributed by atoms with van der Waals surface area (Å²) in [7, 11) is 0. The zero-order valence-corrected chi connectivity index (χ0v) is 13.8. The van der Waals surface area contributed by atoms with Crippen LogP contribution in [0.3, 0.4) is 0 Å². The number of halogens is 1. The van der Waals surface area contributed by atoms with Crippen molar-refractivity contribution >= 4 is 22.6 Å². The molecule has 0 radical (unpaired) electrons. The third kappa shape index (κ3) is 2.20. The molecule has 1 amide bonds. The highest BCUT2D eigenvalue weighted by Crippen LogP contribution is 2.47. The summed E-state index contributed by atoms with van der Waals surface area (Å²) < 4.78 is 13.9. The molecule has 4 nitrogen and oxygen atoms in total. The predicted octanol–water partition coefficient (Wildman–Crippen LogP) is 4.15. The molecule has 1 N–H and O–H groups in total. The summed E-state index contributed by atoms with van der Waals surface area (Å²) >= 11 is 0. The highest BCUT2D eigenvalue weighted by atomic mass is 19.1. The van der Waals surface area contributed by atoms with E-state index in [0.29, 0.717) is 0 Å². The number of carbonyl (C=O) groups is 1. The Balaban J connectivity index is 1.68. The Bertz CT molecular complexity index is 1070. The van der Waals surface area contributed by atoms with Crippen molar-refractivity contribution in [3.8, 4) is 0 Å². The van der Waals surface area contributed by atoms with Crippen LogP contribution in [0.15, 0.2) is 73.1 Å². The fourth-order valence-electron chi connectivity index (χ4n) is 4.07. The van der Waals surface area contributed by atoms with Gasteiger partial charge in [0.15, 0.2) is 0 Å². The minimum atomic E-state index is -0.294. The Kier molecular flexibility index (Phi) is 3.28. The van der Waals surface area contributed by atoms with Crippen molar-refractivity contribution in [1.29, 1.82) is 0 Å². The van der Waals surface area contributed by atoms with Gasteiger partial charge in [0.25, 0.3) is 0 Å². The van der Waals surface area contributed by atoms with Crippen molar-refractivity contribution < 1.29 is 9.18 Å². The minimum absolute atomic E-state index is 0.0215. The SMILES string of the molecule is O=C1C2C=CC=CC2C(c2cccc(F)c2)N1c1ccc2nc[nH]c2c1. The van der Waals surface area contributed by atoms with Crippen LogP contribution in [0.1, 0.15) is 11.6 Å². The van der Waals surface area contributed by atoms with E-state index in [0.717, 1.165) is 22.3 Å². The van der Waals surface area contributed by atoms with E-state index in [1.165, 1.54) is 12.1 Å². The Morgan fingerprint density at radius 2 is 1.96 bits per heavy atom. The summed E-state index contributed by atoms with van der Waals surface area (Å²) in [5, 5.41) is 0. The van der Waals surface area contributed by atoms with Gasteiger partial charge in [-0.2, -0.15) is 0 Å². The summed E-state index contributed by atoms with van der Waals surface area (Å²) in [6.07, 6.45) is 9.49. The number of benzene rings is 2. The first kappa shape index (κ1) is 15.1. The van der Waals surface area contributed by atoms with E-state index < -0.39 is 0 Å². The summed E-state index contributed by atoms with van der Waals surface area (Å²) in [4.78, 5) is 22.3. The van der Waals surface area contributed by atoms with Crippen LogP contribution in [-0.4, -0.2) is 15.9 Å². The molecule has 3 atom stereocenters. The second kappa shape index (κ2) is 5.66. The normalized spacial score (nSPS) is 24.4. The molecule has 3 aromatic rings. The molecular formula is C21H16FN3O. The monoisotopic (exact) mass is 345 g/mol. The fraction of sp³-hybridized carbons (Fsp3) is 0.143. The summed E-state index contributed by atoms with van der Waals surface area (Å²) in [6, 6.07) is 12.0. The maximum Gasteiger partial charge on any atom is 0.235 e. The van der Waals surface area contributed by atoms with Gasteiger partial charge in [0.05, 0.1) is 29.3 Å². The lowest BCUT2D eigenvalue weighted by Crippen LogP contribution is -2.29. The van der Waals surface area contributed by atoms with Crippen LogP contribution in [0.4, 0.5) is 10.1 Å². The van der Waals surface area contributed by atoms with Crippen LogP contribution in [-0.2, 0) is 4.79 Å². The van der Waals surface area contributed by atoms with E-state index in [2.05, 4.69) is 9.97 Å². The first-order valence-electron chi connectivity index (χ1n) is 8.59. The van der Waals surface area contributed by atoms with Gasteiger partial charge >= 0.3 is 0 Å². The number of hydrogen-bond donors (Lipinski definition) is 1. The van der Waals surface area contributed by atoms with Crippen LogP contribution in [0.2, 0.25) is 0 Å². The Morgan fingerprint density at radius 3 is 2.85 bits per heavy atom. The van der Waals surface area contributed by atoms with Crippen LogP contribution in [0.25, 0.3) is 11.0 Å². The van der Waals surface area contributed by atoms with Crippen molar-refractivity contribution in [2.75, 3.05) is 4.90 Å². The number of nitrogens with one attached hydrogen (secondary N) is 1. The van der Waals surface area contributed by atoms with Gasteiger partial charge in [0.1, 0.15) is 5.82 Å². The number of H-pyrrole nitrogens is 1. The first-order valence-corrected chi connectivity index (χ1v) is 8.59. The largest absolute Gasteiger partial charge is 0.345 e. The average Bonchev–Trinajstić information content (AvgIpc) is 3.24. The summed E-state index contributed by atoms with van der Waals surface area (Å²) in [6.45, 7) is 0. The average molecular weight is 345 g/mol. The number of allylic oxidation sites excluding steroid dienone is 2. The maximum atomic E-state index is 13.9. The molecule has 1 aliphatic heterocycles. The van der Waals surface area contributed by atoms with E-state index in [4.69, 9.17) is 0 Å². The number of aromatic amines is 1. The number of anilines is 1. The molecule has 5 heteroatoms. The third-order valence-electron chi connectivity index (χ3n) is 5.22. The van der Waals surface area contributed by atoms with Crippen molar-refractivity contribution in [2.24, 2.45) is 11.8 Å². The van der Waals surface area contributed by atoms with Gasteiger partial charge in [-0.25, -0.2) is 9.37 Å². The molecule has 2 aliphatic rings. The van der Waals surface area contributed by atoms with Gasteiger partial charge in [0.2, 0.25) is 5.91 Å². The van der Waals surface area contributed by atoms with Gasteiger partial charge in [0, 0.05) is 11.6 Å². The number of rotatable bonds is 2. The Hall–Kier alpha value is -3.21. The van der Waals surface area contributed by atoms with Gasteiger partial charge in [-0.3, -0.25) is 4.79 Å². The highest BCUT2D eigenvalue weighted by Gasteiger charge is 2.47. The lowest BCUT2D eigenvalue weighted by Gasteiger charge is -2.28. The number of hydrogen-bond acceptors (Lipinski definition) is 2. The number of amides is 1. The third-order valence-corrected chi connectivity index (χ3v) is 5.22. The smallest absolute Gasteiger partial charge is 0.235 e. The van der Waals surface area contributed by atoms with E-state index in [1.807, 2.05) is 48.6 Å². The molecule has 5 rings (SSSR count). The van der Waals surface area contributed by atoms with Crippen LogP contribution < -0.4 is 4.90 Å². The van der Waals surface area contributed by atoms with E-state index >= 15 is 0 Å². The van der Waals surface area contributed by atoms with Gasteiger partial charge in [-0.1, -0.05) is 36.4 Å². The molecule has 26 heavy (non-hydrogen) atoms. The zero-order valence-electron chi connectivity index (χ0n) is 13.8. The molecule has 1 aliphatic carbocycles. The highest BCUT2D eigenvalue weighted by molar-refractivity contribution is 6.01. The van der Waals surface area contributed by atoms with Gasteiger partial charge in [-0.15, -0.1) is 0 Å². The number of fused-ring (bicyclic) bond motifs is 2. The van der Waals surface area contributed by atoms with E-state index in [9.17, 15) is 9.18 Å². The number of imidazole rings is 1. The summed E-state index contributed by atoms with van der Waals surface area (Å²) in [5.41, 5.74) is 3.31. The molecule has 2 heterocycles. The molecule has 1 aromatic heterocycles. The summed E-state index contributed by atoms with van der Waals surface area (Å²) in [5.74, 6) is -0.515. The zero-order chi connectivity index (χ0) is 17.7. The van der Waals surface area contributed by atoms with Crippen LogP contribution in [0, 0.1) is 17.7 Å². The fourth-order valence-corrected chi connectivity index (χ4v) is 4.07. The first-order chi connectivity index (χ1) is 12.7. The topological polar surface area (TPSA) is 49.0 Å². The number of nitrogens with zero attached hydrogens (tertiary/aromatic N) is 2. The van der Waals surface area contributed by atoms with Crippen molar-refractivity contribution in [3.05, 3.63) is 84.5 Å². The molecule has 3 unspecified atom stereocenters. The van der Waals surface area contributed by atoms with Gasteiger partial charge in [-0.05, 0) is 35.9 Å². The van der Waals surface area contributed by atoms with E-state index in [-0.39, 0.29) is 29.6 Å². The van der Waals surface area contributed by atoms with Gasteiger partial charge < -0.3 is 9.88 Å². The van der Waals surface area contributed by atoms with Crippen LogP contribution >= 0.6 is 0 Å². The maximum absolute atomic E-state index is 13.9. The van der Waals surface area contributed by atoms with Crippen molar-refractivity contribution in [3.63, 3.8) is 0 Å². The second-order valence-corrected chi connectivity index (χ2v) is 6.69. The molecule has 0 bridgehead atoms. The lowest BCUT2D eigenvalue weighted by atomic mass is 9.84. The van der Waals surface area contributed by atoms with E-state index in [1.54, 1.807) is 17.3 Å². The molecule has 1 fully saturated rings. The lowest BCUT2D eigenvalue weighted by molar-refractivity contribution is -0.119. The quantitative estimate of drug-likeness (QED) is 0.758. The molecule has 128 valence electrons. The predicted molar refractivity (Wildman–Crippen MR) is 98.0 cm³/mol. The molecule has 2 aromatic carbocycles. The van der Waals surface area contributed by atoms with Crippen molar-refractivity contribution in [1.82, 2.24) is 9.97 Å².